The van der Waals surface area contributed by atoms with Gasteiger partial charge in [0.05, 0.1) is 5.69 Å². The Balaban J connectivity index is 2.14. The van der Waals surface area contributed by atoms with Crippen molar-refractivity contribution in [1.29, 1.82) is 0 Å². The maximum absolute atomic E-state index is 13.5. The molecule has 0 unspecified atom stereocenters. The van der Waals surface area contributed by atoms with Gasteiger partial charge in [0.25, 0.3) is 5.91 Å². The Morgan fingerprint density at radius 1 is 1.17 bits per heavy atom. The number of rotatable bonds is 7. The number of nitrogens with zero attached hydrogens (tertiary/aromatic N) is 4. The number of pyridine rings is 1. The number of carbonyl (C=O) groups excluding carboxylic acids is 2. The number of carbonyl (C=O) groups is 2. The summed E-state index contributed by atoms with van der Waals surface area (Å²) < 4.78 is 3.81. The van der Waals surface area contributed by atoms with Gasteiger partial charge in [-0.1, -0.05) is 35.2 Å². The van der Waals surface area contributed by atoms with E-state index in [0.29, 0.717) is 11.4 Å². The van der Waals surface area contributed by atoms with E-state index in [1.807, 2.05) is 52.0 Å². The number of hydrogen-bond acceptors (Lipinski definition) is 6. The first-order valence-corrected chi connectivity index (χ1v) is 10.6. The molecule has 0 aliphatic heterocycles. The fourth-order valence-corrected chi connectivity index (χ4v) is 3.31. The Bertz CT molecular complexity index is 988. The van der Waals surface area contributed by atoms with Crippen molar-refractivity contribution in [3.05, 3.63) is 71.0 Å². The molecule has 30 heavy (non-hydrogen) atoms. The Morgan fingerprint density at radius 3 is 2.47 bits per heavy atom. The number of amides is 2. The second kappa shape index (κ2) is 9.13. The highest BCUT2D eigenvalue weighted by Crippen LogP contribution is 2.29. The first kappa shape index (κ1) is 21.6. The van der Waals surface area contributed by atoms with E-state index in [1.165, 1.54) is 4.90 Å². The van der Waals surface area contributed by atoms with Gasteiger partial charge in [-0.3, -0.25) is 19.5 Å². The summed E-state index contributed by atoms with van der Waals surface area (Å²) >= 11 is 1.09. The highest BCUT2D eigenvalue weighted by atomic mass is 32.1. The minimum Gasteiger partial charge on any atom is -0.349 e. The van der Waals surface area contributed by atoms with E-state index in [0.717, 1.165) is 23.5 Å². The first-order chi connectivity index (χ1) is 14.3. The number of benzene rings is 1. The second-order valence-electron chi connectivity index (χ2n) is 7.68. The van der Waals surface area contributed by atoms with Crippen molar-refractivity contribution < 1.29 is 9.59 Å². The minimum absolute atomic E-state index is 0.184. The van der Waals surface area contributed by atoms with E-state index in [2.05, 4.69) is 19.9 Å². The Morgan fingerprint density at radius 2 is 1.90 bits per heavy atom. The fraction of sp³-hybridized carbons (Fsp3) is 0.318. The normalized spacial score (nSPS) is 12.3. The topological polar surface area (TPSA) is 88.1 Å². The highest BCUT2D eigenvalue weighted by molar-refractivity contribution is 7.03. The Kier molecular flexibility index (Phi) is 6.56. The fourth-order valence-electron chi connectivity index (χ4n) is 2.88. The molecular formula is C22H25N5O2S. The van der Waals surface area contributed by atoms with Gasteiger partial charge in [0.1, 0.15) is 0 Å². The predicted octanol–water partition coefficient (Wildman–Crippen LogP) is 3.93. The predicted molar refractivity (Wildman–Crippen MR) is 117 cm³/mol. The lowest BCUT2D eigenvalue weighted by Crippen LogP contribution is -2.50. The zero-order valence-electron chi connectivity index (χ0n) is 17.5. The van der Waals surface area contributed by atoms with Gasteiger partial charge >= 0.3 is 0 Å². The van der Waals surface area contributed by atoms with Crippen LogP contribution in [-0.4, -0.2) is 31.9 Å². The van der Waals surface area contributed by atoms with E-state index in [4.69, 9.17) is 0 Å². The summed E-state index contributed by atoms with van der Waals surface area (Å²) in [6.07, 6.45) is 2.35. The second-order valence-corrected chi connectivity index (χ2v) is 8.29. The van der Waals surface area contributed by atoms with Crippen LogP contribution in [-0.2, 0) is 4.79 Å². The maximum atomic E-state index is 13.5. The van der Waals surface area contributed by atoms with Gasteiger partial charge in [-0.25, -0.2) is 0 Å². The van der Waals surface area contributed by atoms with Crippen molar-refractivity contribution in [2.24, 2.45) is 0 Å². The molecule has 3 rings (SSSR count). The molecule has 156 valence electrons. The molecule has 2 amide bonds. The number of hydrogen-bond donors (Lipinski definition) is 1. The molecule has 0 saturated heterocycles. The third kappa shape index (κ3) is 4.88. The molecule has 2 heterocycles. The van der Waals surface area contributed by atoms with Crippen LogP contribution in [0.5, 0.6) is 0 Å². The summed E-state index contributed by atoms with van der Waals surface area (Å²) in [6.45, 7) is 7.86. The van der Waals surface area contributed by atoms with Crippen LogP contribution in [0, 0.1) is 6.92 Å². The van der Waals surface area contributed by atoms with Gasteiger partial charge in [-0.2, -0.15) is 0 Å². The van der Waals surface area contributed by atoms with E-state index >= 15 is 0 Å². The summed E-state index contributed by atoms with van der Waals surface area (Å²) in [5.41, 5.74) is 1.85. The number of anilines is 1. The Hall–Kier alpha value is -3.13. The molecule has 1 aromatic carbocycles. The standard InChI is InChI=1S/C22H25N5O2S/c1-5-22(3,4)24-20(28)19(17-8-6-7-13-23-17)27(16-11-9-15(2)10-12-16)21(29)18-14-30-26-25-18/h6-14,19H,5H2,1-4H3,(H,24,28)/t19-/m1/s1. The molecule has 7 nitrogen and oxygen atoms in total. The smallest absolute Gasteiger partial charge is 0.280 e. The molecule has 1 N–H and O–H groups in total. The van der Waals surface area contributed by atoms with Gasteiger partial charge in [0, 0.05) is 22.8 Å². The minimum atomic E-state index is -0.964. The highest BCUT2D eigenvalue weighted by Gasteiger charge is 2.37. The summed E-state index contributed by atoms with van der Waals surface area (Å²) in [4.78, 5) is 32.8. The number of aryl methyl sites for hydroxylation is 1. The quantitative estimate of drug-likeness (QED) is 0.622. The molecule has 1 atom stereocenters. The summed E-state index contributed by atoms with van der Waals surface area (Å²) in [5.74, 6) is -0.717. The van der Waals surface area contributed by atoms with E-state index < -0.39 is 17.5 Å². The lowest BCUT2D eigenvalue weighted by Gasteiger charge is -2.33. The lowest BCUT2D eigenvalue weighted by molar-refractivity contribution is -0.124. The lowest BCUT2D eigenvalue weighted by atomic mass is 10.00. The molecular weight excluding hydrogens is 398 g/mol. The van der Waals surface area contributed by atoms with E-state index in [-0.39, 0.29) is 11.6 Å². The van der Waals surface area contributed by atoms with Crippen LogP contribution in [0.15, 0.2) is 54.0 Å². The molecule has 0 bridgehead atoms. The van der Waals surface area contributed by atoms with E-state index in [9.17, 15) is 9.59 Å². The zero-order valence-corrected chi connectivity index (χ0v) is 18.3. The average molecular weight is 424 g/mol. The number of nitrogens with one attached hydrogen (secondary N) is 1. The van der Waals surface area contributed by atoms with Crippen molar-refractivity contribution in [2.75, 3.05) is 4.90 Å². The van der Waals surface area contributed by atoms with Crippen molar-refractivity contribution >= 4 is 29.0 Å². The molecule has 3 aromatic rings. The van der Waals surface area contributed by atoms with Crippen LogP contribution in [0.2, 0.25) is 0 Å². The van der Waals surface area contributed by atoms with Crippen LogP contribution in [0.4, 0.5) is 5.69 Å². The third-order valence-electron chi connectivity index (χ3n) is 4.93. The first-order valence-electron chi connectivity index (χ1n) is 9.72. The van der Waals surface area contributed by atoms with Crippen LogP contribution in [0.1, 0.15) is 55.0 Å². The van der Waals surface area contributed by atoms with Gasteiger partial charge < -0.3 is 5.32 Å². The van der Waals surface area contributed by atoms with Crippen molar-refractivity contribution in [1.82, 2.24) is 19.9 Å². The van der Waals surface area contributed by atoms with Crippen LogP contribution in [0.3, 0.4) is 0 Å². The van der Waals surface area contributed by atoms with Crippen molar-refractivity contribution in [2.45, 2.75) is 45.7 Å². The average Bonchev–Trinajstić information content (AvgIpc) is 3.27. The summed E-state index contributed by atoms with van der Waals surface area (Å²) in [6, 6.07) is 11.8. The van der Waals surface area contributed by atoms with Gasteiger partial charge in [-0.15, -0.1) is 5.10 Å². The van der Waals surface area contributed by atoms with Crippen molar-refractivity contribution in [3.8, 4) is 0 Å². The molecule has 0 fully saturated rings. The molecule has 0 radical (unpaired) electrons. The molecule has 0 aliphatic carbocycles. The zero-order chi connectivity index (χ0) is 21.7. The maximum Gasteiger partial charge on any atom is 0.280 e. The van der Waals surface area contributed by atoms with Crippen LogP contribution in [0.25, 0.3) is 0 Å². The molecule has 8 heteroatoms. The molecule has 0 saturated carbocycles. The van der Waals surface area contributed by atoms with Crippen LogP contribution >= 0.6 is 11.5 Å². The van der Waals surface area contributed by atoms with Crippen molar-refractivity contribution in [3.63, 3.8) is 0 Å². The molecule has 2 aromatic heterocycles. The summed E-state index contributed by atoms with van der Waals surface area (Å²) in [7, 11) is 0. The number of aromatic nitrogens is 3. The summed E-state index contributed by atoms with van der Waals surface area (Å²) in [5, 5.41) is 8.57. The monoisotopic (exact) mass is 423 g/mol. The molecule has 0 aliphatic rings. The van der Waals surface area contributed by atoms with E-state index in [1.54, 1.807) is 29.8 Å². The third-order valence-corrected chi connectivity index (χ3v) is 5.43. The SMILES string of the molecule is CCC(C)(C)NC(=O)[C@@H](c1ccccn1)N(C(=O)c1csnn1)c1ccc(C)cc1. The van der Waals surface area contributed by atoms with Crippen LogP contribution < -0.4 is 10.2 Å². The largest absolute Gasteiger partial charge is 0.349 e. The Labute approximate surface area is 180 Å². The van der Waals surface area contributed by atoms with Gasteiger partial charge in [-0.05, 0) is 63.0 Å². The van der Waals surface area contributed by atoms with Gasteiger partial charge in [0.2, 0.25) is 5.91 Å². The molecule has 0 spiro atoms. The van der Waals surface area contributed by atoms with Gasteiger partial charge in [0.15, 0.2) is 11.7 Å².